The van der Waals surface area contributed by atoms with Crippen LogP contribution in [0.15, 0.2) is 38.9 Å². The lowest BCUT2D eigenvalue weighted by molar-refractivity contribution is -0.388. The van der Waals surface area contributed by atoms with Crippen LogP contribution in [0.5, 0.6) is 0 Å². The summed E-state index contributed by atoms with van der Waals surface area (Å²) in [4.78, 5) is 24.8. The van der Waals surface area contributed by atoms with Crippen molar-refractivity contribution in [2.24, 2.45) is 0 Å². The number of carbonyl (C=O) groups is 1. The zero-order valence-electron chi connectivity index (χ0n) is 9.64. The number of nitrogens with zero attached hydrogens (tertiary/aromatic N) is 3. The topological polar surface area (TPSA) is 130 Å². The number of hydrogen-bond acceptors (Lipinski definition) is 7. The van der Waals surface area contributed by atoms with Crippen LogP contribution in [0.2, 0.25) is 0 Å². The summed E-state index contributed by atoms with van der Waals surface area (Å²) in [5.41, 5.74) is -0.564. The Hall–Kier alpha value is -2.86. The van der Waals surface area contributed by atoms with E-state index in [4.69, 9.17) is 14.8 Å². The molecule has 0 spiro atoms. The normalized spacial score (nSPS) is 9.95. The van der Waals surface area contributed by atoms with Crippen LogP contribution in [0.4, 0.5) is 5.69 Å². The van der Waals surface area contributed by atoms with Gasteiger partial charge in [0.25, 0.3) is 0 Å². The Bertz CT molecular complexity index is 734. The predicted octanol–water partition coefficient (Wildman–Crippen LogP) is 2.30. The summed E-state index contributed by atoms with van der Waals surface area (Å²) in [6, 6.07) is 5.52. The maximum Gasteiger partial charge on any atom is 0.371 e. The van der Waals surface area contributed by atoms with Crippen molar-refractivity contribution in [2.75, 3.05) is 0 Å². The van der Waals surface area contributed by atoms with Crippen LogP contribution in [-0.4, -0.2) is 21.0 Å². The fraction of sp³-hybridized carbons (Fsp3) is 0. The van der Waals surface area contributed by atoms with Gasteiger partial charge >= 0.3 is 11.7 Å². The third-order valence-electron chi connectivity index (χ3n) is 2.18. The van der Waals surface area contributed by atoms with Crippen molar-refractivity contribution >= 4 is 23.4 Å². The van der Waals surface area contributed by atoms with Crippen molar-refractivity contribution in [3.05, 3.63) is 45.8 Å². The van der Waals surface area contributed by atoms with E-state index in [0.29, 0.717) is 0 Å². The quantitative estimate of drug-likeness (QED) is 0.670. The summed E-state index contributed by atoms with van der Waals surface area (Å²) in [6.45, 7) is 0. The molecule has 2 rings (SSSR count). The second-order valence-electron chi connectivity index (χ2n) is 3.41. The minimum atomic E-state index is -1.25. The highest BCUT2D eigenvalue weighted by atomic mass is 32.2. The van der Waals surface area contributed by atoms with Gasteiger partial charge in [-0.25, -0.2) is 9.78 Å². The van der Waals surface area contributed by atoms with Crippen LogP contribution < -0.4 is 0 Å². The first-order chi connectivity index (χ1) is 9.52. The van der Waals surface area contributed by atoms with Gasteiger partial charge < -0.3 is 9.52 Å². The first-order valence-electron chi connectivity index (χ1n) is 5.07. The molecule has 0 unspecified atom stereocenters. The molecule has 9 heteroatoms. The summed E-state index contributed by atoms with van der Waals surface area (Å²) >= 11 is 0.776. The van der Waals surface area contributed by atoms with Gasteiger partial charge in [-0.2, -0.15) is 5.26 Å². The summed E-state index contributed by atoms with van der Waals surface area (Å²) < 4.78 is 4.98. The molecule has 0 aliphatic carbocycles. The number of pyridine rings is 1. The van der Waals surface area contributed by atoms with Crippen LogP contribution in [0, 0.1) is 21.4 Å². The van der Waals surface area contributed by atoms with Crippen LogP contribution in [-0.2, 0) is 0 Å². The molecule has 1 N–H and O–H groups in total. The van der Waals surface area contributed by atoms with Gasteiger partial charge in [-0.1, -0.05) is 0 Å². The highest BCUT2D eigenvalue weighted by molar-refractivity contribution is 7.99. The number of aromatic carboxylic acids is 1. The fourth-order valence-electron chi connectivity index (χ4n) is 1.36. The molecule has 0 fully saturated rings. The molecule has 0 saturated carbocycles. The third-order valence-corrected chi connectivity index (χ3v) is 3.10. The first kappa shape index (κ1) is 13.6. The Kier molecular flexibility index (Phi) is 3.67. The van der Waals surface area contributed by atoms with Crippen LogP contribution in [0.1, 0.15) is 16.1 Å². The lowest BCUT2D eigenvalue weighted by Gasteiger charge is -2.00. The van der Waals surface area contributed by atoms with E-state index in [1.54, 1.807) is 6.07 Å². The van der Waals surface area contributed by atoms with Crippen molar-refractivity contribution in [3.63, 3.8) is 0 Å². The molecule has 0 aliphatic rings. The van der Waals surface area contributed by atoms with E-state index < -0.39 is 16.6 Å². The first-order valence-corrected chi connectivity index (χ1v) is 5.89. The lowest BCUT2D eigenvalue weighted by Crippen LogP contribution is -1.96. The molecule has 100 valence electrons. The lowest BCUT2D eigenvalue weighted by atomic mass is 10.2. The molecule has 0 aromatic carbocycles. The van der Waals surface area contributed by atoms with E-state index in [1.165, 1.54) is 24.4 Å². The molecule has 0 bridgehead atoms. The predicted molar refractivity (Wildman–Crippen MR) is 65.4 cm³/mol. The molecule has 0 amide bonds. The standard InChI is InChI=1S/C11H5N3O5S/c12-5-6-3-4-13-10(9(6)14(17)18)20-8-2-1-7(19-8)11(15)16/h1-4H,(H,15,16). The molecule has 2 aromatic rings. The second-order valence-corrected chi connectivity index (χ2v) is 4.40. The number of furan rings is 1. The van der Waals surface area contributed by atoms with Gasteiger partial charge in [-0.05, 0) is 30.0 Å². The zero-order chi connectivity index (χ0) is 14.7. The fourth-order valence-corrected chi connectivity index (χ4v) is 2.21. The largest absolute Gasteiger partial charge is 0.475 e. The van der Waals surface area contributed by atoms with Crippen molar-refractivity contribution in [1.82, 2.24) is 4.98 Å². The molecule has 20 heavy (non-hydrogen) atoms. The van der Waals surface area contributed by atoms with Crippen molar-refractivity contribution in [2.45, 2.75) is 10.1 Å². The molecule has 0 atom stereocenters. The number of nitriles is 1. The third kappa shape index (κ3) is 2.60. The molecular weight excluding hydrogens is 286 g/mol. The van der Waals surface area contributed by atoms with Crippen molar-refractivity contribution in [3.8, 4) is 6.07 Å². The maximum atomic E-state index is 11.0. The molecule has 0 aliphatic heterocycles. The monoisotopic (exact) mass is 291 g/mol. The van der Waals surface area contributed by atoms with Crippen LogP contribution >= 0.6 is 11.8 Å². The van der Waals surface area contributed by atoms with Crippen LogP contribution in [0.3, 0.4) is 0 Å². The Balaban J connectivity index is 2.40. The van der Waals surface area contributed by atoms with Crippen molar-refractivity contribution in [1.29, 1.82) is 5.26 Å². The maximum absolute atomic E-state index is 11.0. The molecule has 8 nitrogen and oxygen atoms in total. The summed E-state index contributed by atoms with van der Waals surface area (Å²) in [5, 5.41) is 28.6. The van der Waals surface area contributed by atoms with E-state index in [0.717, 1.165) is 11.8 Å². The second kappa shape index (κ2) is 5.41. The smallest absolute Gasteiger partial charge is 0.371 e. The van der Waals surface area contributed by atoms with Gasteiger partial charge in [0.05, 0.1) is 4.92 Å². The average Bonchev–Trinajstić information content (AvgIpc) is 2.86. The Morgan fingerprint density at radius 2 is 2.25 bits per heavy atom. The van der Waals surface area contributed by atoms with Gasteiger partial charge in [-0.3, -0.25) is 10.1 Å². The Morgan fingerprint density at radius 3 is 2.80 bits per heavy atom. The molecule has 2 aromatic heterocycles. The Morgan fingerprint density at radius 1 is 1.50 bits per heavy atom. The minimum absolute atomic E-state index is 0.0414. The van der Waals surface area contributed by atoms with Gasteiger partial charge in [0.1, 0.15) is 11.6 Å². The summed E-state index contributed by atoms with van der Waals surface area (Å²) in [5.74, 6) is -1.53. The highest BCUT2D eigenvalue weighted by Gasteiger charge is 2.23. The highest BCUT2D eigenvalue weighted by Crippen LogP contribution is 2.35. The number of aromatic nitrogens is 1. The van der Waals surface area contributed by atoms with E-state index >= 15 is 0 Å². The Labute approximate surface area is 115 Å². The number of nitro groups is 1. The number of carboxylic acids is 1. The van der Waals surface area contributed by atoms with E-state index in [1.807, 2.05) is 0 Å². The average molecular weight is 291 g/mol. The zero-order valence-corrected chi connectivity index (χ0v) is 10.5. The van der Waals surface area contributed by atoms with E-state index in [9.17, 15) is 14.9 Å². The number of rotatable bonds is 4. The SMILES string of the molecule is N#Cc1ccnc(Sc2ccc(C(=O)O)o2)c1[N+](=O)[O-]. The van der Waals surface area contributed by atoms with Gasteiger partial charge in [0.15, 0.2) is 10.1 Å². The van der Waals surface area contributed by atoms with Gasteiger partial charge in [0, 0.05) is 6.20 Å². The molecular formula is C11H5N3O5S. The van der Waals surface area contributed by atoms with Crippen molar-refractivity contribution < 1.29 is 19.2 Å². The minimum Gasteiger partial charge on any atom is -0.475 e. The summed E-state index contributed by atoms with van der Waals surface area (Å²) in [7, 11) is 0. The van der Waals surface area contributed by atoms with Gasteiger partial charge in [-0.15, -0.1) is 0 Å². The van der Waals surface area contributed by atoms with Gasteiger partial charge in [0.2, 0.25) is 5.76 Å². The molecule has 0 saturated heterocycles. The van der Waals surface area contributed by atoms with E-state index in [-0.39, 0.29) is 21.4 Å². The van der Waals surface area contributed by atoms with E-state index in [2.05, 4.69) is 4.98 Å². The molecule has 2 heterocycles. The molecule has 0 radical (unpaired) electrons. The number of carboxylic acid groups (broad SMARTS) is 1. The number of hydrogen-bond donors (Lipinski definition) is 1. The summed E-state index contributed by atoms with van der Waals surface area (Å²) in [6.07, 6.45) is 1.26. The van der Waals surface area contributed by atoms with Crippen LogP contribution in [0.25, 0.3) is 0 Å².